The van der Waals surface area contributed by atoms with Gasteiger partial charge in [-0.25, -0.2) is 4.39 Å². The third kappa shape index (κ3) is 6.97. The number of ether oxygens (including phenoxy) is 2. The van der Waals surface area contributed by atoms with Crippen LogP contribution in [0.1, 0.15) is 24.8 Å². The fourth-order valence-corrected chi connectivity index (χ4v) is 2.38. The lowest BCUT2D eigenvalue weighted by atomic mass is 10.1. The number of rotatable bonds is 7. The van der Waals surface area contributed by atoms with Gasteiger partial charge < -0.3 is 20.1 Å². The molecule has 0 spiro atoms. The monoisotopic (exact) mass is 323 g/mol. The summed E-state index contributed by atoms with van der Waals surface area (Å²) in [4.78, 5) is 4.17. The maximum absolute atomic E-state index is 12.9. The van der Waals surface area contributed by atoms with E-state index in [0.29, 0.717) is 12.6 Å². The molecule has 6 heteroatoms. The molecular formula is C17H26FN3O2. The van der Waals surface area contributed by atoms with Gasteiger partial charge in [-0.3, -0.25) is 4.99 Å². The zero-order chi connectivity index (χ0) is 16.3. The smallest absolute Gasteiger partial charge is 0.191 e. The topological polar surface area (TPSA) is 54.9 Å². The van der Waals surface area contributed by atoms with Crippen molar-refractivity contribution in [3.05, 3.63) is 35.6 Å². The van der Waals surface area contributed by atoms with Gasteiger partial charge in [0.2, 0.25) is 0 Å². The molecule has 0 amide bonds. The molecule has 2 rings (SSSR count). The van der Waals surface area contributed by atoms with Crippen LogP contribution in [-0.2, 0) is 16.0 Å². The number of benzene rings is 1. The number of nitrogens with zero attached hydrogens (tertiary/aromatic N) is 1. The number of aliphatic imine (C=N–C) groups is 1. The molecule has 0 aliphatic carbocycles. The largest absolute Gasteiger partial charge is 0.381 e. The Bertz CT molecular complexity index is 473. The van der Waals surface area contributed by atoms with Crippen molar-refractivity contribution in [1.82, 2.24) is 10.6 Å². The van der Waals surface area contributed by atoms with Crippen LogP contribution in [0.3, 0.4) is 0 Å². The van der Waals surface area contributed by atoms with E-state index in [-0.39, 0.29) is 5.82 Å². The Labute approximate surface area is 137 Å². The fourth-order valence-electron chi connectivity index (χ4n) is 2.38. The minimum Gasteiger partial charge on any atom is -0.381 e. The first-order chi connectivity index (χ1) is 11.3. The van der Waals surface area contributed by atoms with Gasteiger partial charge in [0.1, 0.15) is 5.82 Å². The molecule has 0 aromatic heterocycles. The number of nitrogens with one attached hydrogen (secondary N) is 2. The molecule has 128 valence electrons. The number of hydrogen-bond acceptors (Lipinski definition) is 3. The standard InChI is InChI=1S/C17H26FN3O2/c1-19-17(21-13-14-3-5-15(18)6-4-14)20-9-2-10-23-16-7-11-22-12-8-16/h3-6,16H,2,7-13H2,1H3,(H2,19,20,21). The highest BCUT2D eigenvalue weighted by atomic mass is 19.1. The molecule has 0 atom stereocenters. The Kier molecular flexibility index (Phi) is 7.83. The van der Waals surface area contributed by atoms with Gasteiger partial charge in [0, 0.05) is 40.0 Å². The molecule has 23 heavy (non-hydrogen) atoms. The molecule has 1 fully saturated rings. The van der Waals surface area contributed by atoms with Crippen molar-refractivity contribution >= 4 is 5.96 Å². The normalized spacial score (nSPS) is 16.3. The molecule has 1 saturated heterocycles. The highest BCUT2D eigenvalue weighted by Gasteiger charge is 2.13. The van der Waals surface area contributed by atoms with Crippen LogP contribution < -0.4 is 10.6 Å². The van der Waals surface area contributed by atoms with Crippen LogP contribution in [-0.4, -0.2) is 45.5 Å². The van der Waals surface area contributed by atoms with Crippen molar-refractivity contribution in [3.63, 3.8) is 0 Å². The van der Waals surface area contributed by atoms with Gasteiger partial charge in [-0.2, -0.15) is 0 Å². The van der Waals surface area contributed by atoms with Gasteiger partial charge in [0.05, 0.1) is 6.10 Å². The molecule has 1 heterocycles. The van der Waals surface area contributed by atoms with Crippen molar-refractivity contribution in [1.29, 1.82) is 0 Å². The van der Waals surface area contributed by atoms with Crippen LogP contribution in [0.4, 0.5) is 4.39 Å². The van der Waals surface area contributed by atoms with Crippen molar-refractivity contribution in [2.45, 2.75) is 31.9 Å². The van der Waals surface area contributed by atoms with Crippen LogP contribution in [0.2, 0.25) is 0 Å². The minimum absolute atomic E-state index is 0.221. The average molecular weight is 323 g/mol. The van der Waals surface area contributed by atoms with Crippen molar-refractivity contribution in [3.8, 4) is 0 Å². The molecule has 0 unspecified atom stereocenters. The number of hydrogen-bond donors (Lipinski definition) is 2. The van der Waals surface area contributed by atoms with Gasteiger partial charge in [0.15, 0.2) is 5.96 Å². The maximum Gasteiger partial charge on any atom is 0.191 e. The van der Waals surface area contributed by atoms with Gasteiger partial charge in [-0.1, -0.05) is 12.1 Å². The van der Waals surface area contributed by atoms with E-state index in [9.17, 15) is 4.39 Å². The second-order valence-electron chi connectivity index (χ2n) is 5.52. The Balaban J connectivity index is 1.56. The molecule has 0 bridgehead atoms. The Morgan fingerprint density at radius 2 is 2.00 bits per heavy atom. The first-order valence-electron chi connectivity index (χ1n) is 8.16. The van der Waals surface area contributed by atoms with Gasteiger partial charge in [0.25, 0.3) is 0 Å². The number of halogens is 1. The zero-order valence-corrected chi connectivity index (χ0v) is 13.7. The van der Waals surface area contributed by atoms with Gasteiger partial charge in [-0.15, -0.1) is 0 Å². The third-order valence-corrected chi connectivity index (χ3v) is 3.73. The number of guanidine groups is 1. The summed E-state index contributed by atoms with van der Waals surface area (Å²) < 4.78 is 24.0. The lowest BCUT2D eigenvalue weighted by molar-refractivity contribution is -0.0320. The summed E-state index contributed by atoms with van der Waals surface area (Å²) in [6.07, 6.45) is 3.26. The lowest BCUT2D eigenvalue weighted by Crippen LogP contribution is -2.37. The predicted molar refractivity (Wildman–Crippen MR) is 89.0 cm³/mol. The quantitative estimate of drug-likeness (QED) is 0.458. The van der Waals surface area contributed by atoms with E-state index in [0.717, 1.165) is 57.2 Å². The van der Waals surface area contributed by atoms with Crippen molar-refractivity contribution in [2.24, 2.45) is 4.99 Å². The van der Waals surface area contributed by atoms with Crippen molar-refractivity contribution in [2.75, 3.05) is 33.4 Å². The van der Waals surface area contributed by atoms with Crippen LogP contribution in [0, 0.1) is 5.82 Å². The molecule has 0 radical (unpaired) electrons. The van der Waals surface area contributed by atoms with E-state index < -0.39 is 0 Å². The molecular weight excluding hydrogens is 297 g/mol. The summed E-state index contributed by atoms with van der Waals surface area (Å²) in [6, 6.07) is 6.44. The fraction of sp³-hybridized carbons (Fsp3) is 0.588. The van der Waals surface area contributed by atoms with E-state index in [2.05, 4.69) is 15.6 Å². The lowest BCUT2D eigenvalue weighted by Gasteiger charge is -2.22. The predicted octanol–water partition coefficient (Wildman–Crippen LogP) is 2.08. The Morgan fingerprint density at radius 1 is 1.26 bits per heavy atom. The van der Waals surface area contributed by atoms with E-state index >= 15 is 0 Å². The second kappa shape index (κ2) is 10.2. The van der Waals surface area contributed by atoms with Crippen LogP contribution in [0.5, 0.6) is 0 Å². The average Bonchev–Trinajstić information content (AvgIpc) is 2.59. The first-order valence-corrected chi connectivity index (χ1v) is 8.16. The molecule has 1 aromatic carbocycles. The van der Waals surface area contributed by atoms with E-state index in [1.54, 1.807) is 19.2 Å². The summed E-state index contributed by atoms with van der Waals surface area (Å²) in [5.41, 5.74) is 1.01. The van der Waals surface area contributed by atoms with Gasteiger partial charge in [-0.05, 0) is 37.0 Å². The van der Waals surface area contributed by atoms with Crippen molar-refractivity contribution < 1.29 is 13.9 Å². The van der Waals surface area contributed by atoms with Crippen LogP contribution in [0.15, 0.2) is 29.3 Å². The Hall–Kier alpha value is -1.66. The van der Waals surface area contributed by atoms with Crippen LogP contribution >= 0.6 is 0 Å². The minimum atomic E-state index is -0.221. The summed E-state index contributed by atoms with van der Waals surface area (Å²) in [5.74, 6) is 0.515. The molecule has 1 aromatic rings. The Morgan fingerprint density at radius 3 is 2.70 bits per heavy atom. The van der Waals surface area contributed by atoms with Crippen LogP contribution in [0.25, 0.3) is 0 Å². The zero-order valence-electron chi connectivity index (χ0n) is 13.7. The molecule has 0 saturated carbocycles. The summed E-state index contributed by atoms with van der Waals surface area (Å²) >= 11 is 0. The highest BCUT2D eigenvalue weighted by molar-refractivity contribution is 5.79. The molecule has 5 nitrogen and oxygen atoms in total. The van der Waals surface area contributed by atoms with E-state index in [1.165, 1.54) is 12.1 Å². The molecule has 1 aliphatic heterocycles. The second-order valence-corrected chi connectivity index (χ2v) is 5.52. The molecule has 1 aliphatic rings. The van der Waals surface area contributed by atoms with E-state index in [4.69, 9.17) is 9.47 Å². The highest BCUT2D eigenvalue weighted by Crippen LogP contribution is 2.10. The van der Waals surface area contributed by atoms with E-state index in [1.807, 2.05) is 0 Å². The molecule has 2 N–H and O–H groups in total. The summed E-state index contributed by atoms with van der Waals surface area (Å²) in [6.45, 7) is 3.77. The summed E-state index contributed by atoms with van der Waals surface area (Å²) in [5, 5.41) is 6.45. The maximum atomic E-state index is 12.9. The first kappa shape index (κ1) is 17.7. The third-order valence-electron chi connectivity index (χ3n) is 3.73. The SMILES string of the molecule is CN=C(NCCCOC1CCOCC1)NCc1ccc(F)cc1. The van der Waals surface area contributed by atoms with Gasteiger partial charge >= 0.3 is 0 Å². The summed E-state index contributed by atoms with van der Waals surface area (Å²) in [7, 11) is 1.73.